The van der Waals surface area contributed by atoms with Crippen LogP contribution in [-0.4, -0.2) is 26.4 Å². The van der Waals surface area contributed by atoms with E-state index in [4.69, 9.17) is 0 Å². The van der Waals surface area contributed by atoms with Gasteiger partial charge in [-0.05, 0) is 16.5 Å². The molecule has 0 bridgehead atoms. The molecule has 0 aliphatic rings. The van der Waals surface area contributed by atoms with Crippen molar-refractivity contribution >= 4 is 20.9 Å². The van der Waals surface area contributed by atoms with E-state index < -0.39 is 0 Å². The highest BCUT2D eigenvalue weighted by Crippen LogP contribution is 2.21. The predicted octanol–water partition coefficient (Wildman–Crippen LogP) is 1.47. The van der Waals surface area contributed by atoms with Crippen molar-refractivity contribution in [3.8, 4) is 0 Å². The molecule has 0 amide bonds. The third-order valence-electron chi connectivity index (χ3n) is 2.04. The molecule has 1 aromatic carbocycles. The van der Waals surface area contributed by atoms with Crippen LogP contribution in [0.5, 0.6) is 0 Å². The largest absolute Gasteiger partial charge is 0.412 e. The van der Waals surface area contributed by atoms with Crippen LogP contribution >= 0.6 is 0 Å². The number of carbonyl (C=O) groups is 1. The lowest BCUT2D eigenvalue weighted by Gasteiger charge is -2.18. The lowest BCUT2D eigenvalue weighted by molar-refractivity contribution is 0.108. The SMILES string of the molecule is CC(C)(C)c1ccc([C](=O)[Al])cc1.O. The predicted molar refractivity (Wildman–Crippen MR) is 58.8 cm³/mol. The molecular weight excluding hydrogens is 191 g/mol. The first-order valence-electron chi connectivity index (χ1n) is 4.31. The summed E-state index contributed by atoms with van der Waals surface area (Å²) in [5.74, 6) is 0. The van der Waals surface area contributed by atoms with Gasteiger partial charge >= 0.3 is 0 Å². The fourth-order valence-corrected chi connectivity index (χ4v) is 1.33. The van der Waals surface area contributed by atoms with Crippen LogP contribution in [0.3, 0.4) is 0 Å². The molecule has 0 heterocycles. The molecule has 0 aliphatic carbocycles. The molecule has 0 aliphatic heterocycles. The van der Waals surface area contributed by atoms with Gasteiger partial charge in [0, 0.05) is 0 Å². The average molecular weight is 206 g/mol. The van der Waals surface area contributed by atoms with E-state index in [9.17, 15) is 4.79 Å². The summed E-state index contributed by atoms with van der Waals surface area (Å²) < 4.78 is 0.0421. The van der Waals surface area contributed by atoms with Gasteiger partial charge in [-0.1, -0.05) is 45.0 Å². The summed E-state index contributed by atoms with van der Waals surface area (Å²) in [6.45, 7) is 6.47. The van der Waals surface area contributed by atoms with E-state index in [0.717, 1.165) is 5.56 Å². The van der Waals surface area contributed by atoms with Gasteiger partial charge in [0.15, 0.2) is 0 Å². The second-order valence-corrected chi connectivity index (χ2v) is 4.72. The van der Waals surface area contributed by atoms with Crippen LogP contribution in [0.1, 0.15) is 36.7 Å². The smallest absolute Gasteiger partial charge is 0.250 e. The van der Waals surface area contributed by atoms with Gasteiger partial charge in [0.05, 0.1) is 4.65 Å². The Morgan fingerprint density at radius 2 is 1.57 bits per heavy atom. The molecule has 0 spiro atoms. The maximum absolute atomic E-state index is 11.0. The fraction of sp³-hybridized carbons (Fsp3) is 0.364. The lowest BCUT2D eigenvalue weighted by Crippen LogP contribution is -2.11. The maximum atomic E-state index is 11.0. The van der Waals surface area contributed by atoms with Crippen molar-refractivity contribution < 1.29 is 10.3 Å². The zero-order valence-corrected chi connectivity index (χ0v) is 9.95. The summed E-state index contributed by atoms with van der Waals surface area (Å²) in [7, 11) is 0. The molecule has 1 rings (SSSR count). The van der Waals surface area contributed by atoms with Crippen LogP contribution < -0.4 is 0 Å². The summed E-state index contributed by atoms with van der Waals surface area (Å²) in [6.07, 6.45) is 0. The molecule has 2 nitrogen and oxygen atoms in total. The molecule has 0 saturated heterocycles. The Morgan fingerprint density at radius 1 is 1.14 bits per heavy atom. The third kappa shape index (κ3) is 3.27. The van der Waals surface area contributed by atoms with Gasteiger partial charge in [0.25, 0.3) is 16.3 Å². The number of carbonyl (C=O) groups excluding carboxylic acids is 1. The van der Waals surface area contributed by atoms with Crippen LogP contribution in [0.15, 0.2) is 24.3 Å². The maximum Gasteiger partial charge on any atom is 0.250 e. The van der Waals surface area contributed by atoms with Gasteiger partial charge in [-0.25, -0.2) is 0 Å². The van der Waals surface area contributed by atoms with Gasteiger partial charge in [-0.3, -0.25) is 0 Å². The first-order valence-corrected chi connectivity index (χ1v) is 4.89. The number of hydrogen-bond acceptors (Lipinski definition) is 1. The highest BCUT2D eigenvalue weighted by molar-refractivity contribution is 6.62. The monoisotopic (exact) mass is 206 g/mol. The van der Waals surface area contributed by atoms with Crippen molar-refractivity contribution in [1.29, 1.82) is 0 Å². The molecule has 0 saturated carbocycles. The van der Waals surface area contributed by atoms with Gasteiger partial charge in [-0.15, -0.1) is 0 Å². The molecule has 0 atom stereocenters. The van der Waals surface area contributed by atoms with Gasteiger partial charge in [0.1, 0.15) is 0 Å². The number of rotatable bonds is 1. The quantitative estimate of drug-likeness (QED) is 0.642. The molecular formula is C11H15AlO2. The van der Waals surface area contributed by atoms with E-state index in [2.05, 4.69) is 37.1 Å². The summed E-state index contributed by atoms with van der Waals surface area (Å²) in [5, 5.41) is 0. The van der Waals surface area contributed by atoms with E-state index in [-0.39, 0.29) is 15.5 Å². The van der Waals surface area contributed by atoms with Crippen LogP contribution in [0.4, 0.5) is 0 Å². The van der Waals surface area contributed by atoms with Crippen molar-refractivity contribution in [2.24, 2.45) is 0 Å². The number of benzene rings is 1. The van der Waals surface area contributed by atoms with E-state index in [1.165, 1.54) is 5.56 Å². The van der Waals surface area contributed by atoms with Crippen molar-refractivity contribution in [2.75, 3.05) is 0 Å². The minimum Gasteiger partial charge on any atom is -0.412 e. The Hall–Kier alpha value is -0.618. The minimum absolute atomic E-state index is 0. The first kappa shape index (κ1) is 13.4. The van der Waals surface area contributed by atoms with Crippen molar-refractivity contribution in [3.63, 3.8) is 0 Å². The molecule has 3 heteroatoms. The molecule has 0 fully saturated rings. The lowest BCUT2D eigenvalue weighted by atomic mass is 9.87. The van der Waals surface area contributed by atoms with Gasteiger partial charge in [-0.2, -0.15) is 0 Å². The Morgan fingerprint density at radius 3 is 1.86 bits per heavy atom. The van der Waals surface area contributed by atoms with E-state index in [0.29, 0.717) is 0 Å². The molecule has 0 aromatic heterocycles. The Labute approximate surface area is 93.1 Å². The summed E-state index contributed by atoms with van der Waals surface area (Å²) in [5.41, 5.74) is 2.16. The van der Waals surface area contributed by atoms with Gasteiger partial charge < -0.3 is 10.3 Å². The molecule has 2 N–H and O–H groups in total. The Kier molecular flexibility index (Phi) is 4.54. The van der Waals surface area contributed by atoms with Crippen LogP contribution in [0.2, 0.25) is 0 Å². The summed E-state index contributed by atoms with van der Waals surface area (Å²) >= 11 is 2.18. The van der Waals surface area contributed by atoms with E-state index in [1.54, 1.807) is 0 Å². The highest BCUT2D eigenvalue weighted by Gasteiger charge is 2.12. The van der Waals surface area contributed by atoms with Crippen LogP contribution in [-0.2, 0) is 5.41 Å². The standard InChI is InChI=1S/C11H13O.Al.H2O/c1-11(2,3)10-6-4-9(8-12)5-7-10;;/h4-7H,1-3H3;;1H2. The van der Waals surface area contributed by atoms with E-state index in [1.807, 2.05) is 24.3 Å². The van der Waals surface area contributed by atoms with Crippen LogP contribution in [0, 0.1) is 0 Å². The average Bonchev–Trinajstić information content (AvgIpc) is 2.03. The second-order valence-electron chi connectivity index (χ2n) is 4.19. The zero-order valence-electron chi connectivity index (χ0n) is 8.79. The van der Waals surface area contributed by atoms with Crippen molar-refractivity contribution in [2.45, 2.75) is 26.2 Å². The molecule has 0 unspecified atom stereocenters. The second kappa shape index (κ2) is 4.75. The zero-order chi connectivity index (χ0) is 10.1. The Balaban J connectivity index is 0.00000169. The third-order valence-corrected chi connectivity index (χ3v) is 2.37. The molecule has 2 radical (unpaired) electrons. The number of hydrogen-bond donors (Lipinski definition) is 0. The summed E-state index contributed by atoms with van der Waals surface area (Å²) in [6, 6.07) is 7.76. The van der Waals surface area contributed by atoms with Crippen molar-refractivity contribution in [3.05, 3.63) is 35.4 Å². The normalized spacial score (nSPS) is 10.5. The first-order chi connectivity index (χ1) is 5.91. The minimum atomic E-state index is 0. The molecule has 14 heavy (non-hydrogen) atoms. The molecule has 1 aromatic rings. The molecule has 74 valence electrons. The summed E-state index contributed by atoms with van der Waals surface area (Å²) in [4.78, 5) is 11.0. The van der Waals surface area contributed by atoms with Crippen molar-refractivity contribution in [1.82, 2.24) is 0 Å². The van der Waals surface area contributed by atoms with Crippen LogP contribution in [0.25, 0.3) is 0 Å². The topological polar surface area (TPSA) is 48.6 Å². The Bertz CT molecular complexity index is 309. The van der Waals surface area contributed by atoms with E-state index >= 15 is 0 Å². The fourth-order valence-electron chi connectivity index (χ4n) is 1.13. The van der Waals surface area contributed by atoms with Gasteiger partial charge in [0.2, 0.25) is 0 Å². The highest BCUT2D eigenvalue weighted by atomic mass is 27.0.